The second kappa shape index (κ2) is 7.03. The van der Waals surface area contributed by atoms with E-state index in [9.17, 15) is 9.90 Å². The highest BCUT2D eigenvalue weighted by molar-refractivity contribution is 7.13. The van der Waals surface area contributed by atoms with Crippen LogP contribution >= 0.6 is 11.3 Å². The second-order valence-electron chi connectivity index (χ2n) is 5.42. The quantitative estimate of drug-likeness (QED) is 0.858. The van der Waals surface area contributed by atoms with Crippen molar-refractivity contribution in [1.29, 1.82) is 0 Å². The molecule has 0 aliphatic rings. The molecule has 1 amide bonds. The minimum Gasteiger partial charge on any atom is -0.388 e. The van der Waals surface area contributed by atoms with Crippen molar-refractivity contribution in [2.75, 3.05) is 6.54 Å². The maximum Gasteiger partial charge on any atom is 0.253 e. The standard InChI is InChI=1S/C17H22N2O2S/c1-4-17(21,5-2)11-18-16(20)13-8-9-14(19-12(13)3)15-7-6-10-22-15/h6-10,21H,4-5,11H2,1-3H3,(H,18,20). The first-order chi connectivity index (χ1) is 10.5. The van der Waals surface area contributed by atoms with Crippen molar-refractivity contribution >= 4 is 17.2 Å². The van der Waals surface area contributed by atoms with Gasteiger partial charge in [0.2, 0.25) is 0 Å². The van der Waals surface area contributed by atoms with Crippen molar-refractivity contribution in [3.8, 4) is 10.6 Å². The topological polar surface area (TPSA) is 62.2 Å². The average molecular weight is 318 g/mol. The molecule has 0 fully saturated rings. The van der Waals surface area contributed by atoms with Gasteiger partial charge in [-0.1, -0.05) is 19.9 Å². The number of rotatable bonds is 6. The molecule has 0 saturated heterocycles. The number of hydrogen-bond acceptors (Lipinski definition) is 4. The Hall–Kier alpha value is -1.72. The Morgan fingerprint density at radius 2 is 2.05 bits per heavy atom. The lowest BCUT2D eigenvalue weighted by atomic mass is 9.97. The van der Waals surface area contributed by atoms with E-state index in [-0.39, 0.29) is 12.5 Å². The van der Waals surface area contributed by atoms with Crippen LogP contribution in [0.4, 0.5) is 0 Å². The van der Waals surface area contributed by atoms with E-state index in [0.29, 0.717) is 24.1 Å². The van der Waals surface area contributed by atoms with Crippen LogP contribution in [0.1, 0.15) is 42.7 Å². The van der Waals surface area contributed by atoms with Gasteiger partial charge in [0.25, 0.3) is 5.91 Å². The van der Waals surface area contributed by atoms with E-state index in [1.807, 2.05) is 44.4 Å². The number of nitrogens with one attached hydrogen (secondary N) is 1. The average Bonchev–Trinajstić information content (AvgIpc) is 3.06. The number of hydrogen-bond donors (Lipinski definition) is 2. The smallest absolute Gasteiger partial charge is 0.253 e. The summed E-state index contributed by atoms with van der Waals surface area (Å²) in [6.45, 7) is 5.92. The van der Waals surface area contributed by atoms with Crippen molar-refractivity contribution < 1.29 is 9.90 Å². The van der Waals surface area contributed by atoms with Gasteiger partial charge in [0, 0.05) is 6.54 Å². The molecule has 0 aromatic carbocycles. The molecule has 0 spiro atoms. The lowest BCUT2D eigenvalue weighted by Gasteiger charge is -2.25. The fraction of sp³-hybridized carbons (Fsp3) is 0.412. The zero-order valence-electron chi connectivity index (χ0n) is 13.2. The van der Waals surface area contributed by atoms with Crippen LogP contribution in [0.15, 0.2) is 29.6 Å². The molecule has 4 nitrogen and oxygen atoms in total. The summed E-state index contributed by atoms with van der Waals surface area (Å²) in [5.74, 6) is -0.192. The summed E-state index contributed by atoms with van der Waals surface area (Å²) in [6, 6.07) is 7.64. The van der Waals surface area contributed by atoms with Gasteiger partial charge in [-0.2, -0.15) is 0 Å². The second-order valence-corrected chi connectivity index (χ2v) is 6.37. The highest BCUT2D eigenvalue weighted by atomic mass is 32.1. The normalized spacial score (nSPS) is 11.5. The highest BCUT2D eigenvalue weighted by Crippen LogP contribution is 2.23. The molecule has 0 aliphatic heterocycles. The lowest BCUT2D eigenvalue weighted by Crippen LogP contribution is -2.42. The van der Waals surface area contributed by atoms with E-state index in [2.05, 4.69) is 10.3 Å². The van der Waals surface area contributed by atoms with Crippen molar-refractivity contribution in [3.63, 3.8) is 0 Å². The number of thiophene rings is 1. The van der Waals surface area contributed by atoms with Crippen LogP contribution in [-0.4, -0.2) is 28.1 Å². The maximum atomic E-state index is 12.3. The van der Waals surface area contributed by atoms with E-state index < -0.39 is 5.60 Å². The highest BCUT2D eigenvalue weighted by Gasteiger charge is 2.23. The maximum absolute atomic E-state index is 12.3. The van der Waals surface area contributed by atoms with Gasteiger partial charge in [-0.05, 0) is 43.3 Å². The van der Waals surface area contributed by atoms with Gasteiger partial charge in [-0.25, -0.2) is 0 Å². The Bertz CT molecular complexity index is 634. The van der Waals surface area contributed by atoms with E-state index in [0.717, 1.165) is 10.6 Å². The molecular weight excluding hydrogens is 296 g/mol. The summed E-state index contributed by atoms with van der Waals surface area (Å²) >= 11 is 1.62. The number of pyridine rings is 1. The molecule has 0 radical (unpaired) electrons. The molecule has 0 atom stereocenters. The number of aromatic nitrogens is 1. The first-order valence-electron chi connectivity index (χ1n) is 7.51. The van der Waals surface area contributed by atoms with E-state index in [4.69, 9.17) is 0 Å². The predicted octanol–water partition coefficient (Wildman–Crippen LogP) is 3.40. The minimum atomic E-state index is -0.839. The van der Waals surface area contributed by atoms with E-state index >= 15 is 0 Å². The Balaban J connectivity index is 2.11. The fourth-order valence-electron chi connectivity index (χ4n) is 2.20. The Kier molecular flexibility index (Phi) is 5.32. The van der Waals surface area contributed by atoms with Crippen molar-refractivity contribution in [2.45, 2.75) is 39.2 Å². The van der Waals surface area contributed by atoms with Gasteiger partial charge in [-0.15, -0.1) is 11.3 Å². The number of aryl methyl sites for hydroxylation is 1. The van der Waals surface area contributed by atoms with Gasteiger partial charge >= 0.3 is 0 Å². The Morgan fingerprint density at radius 1 is 1.32 bits per heavy atom. The van der Waals surface area contributed by atoms with Gasteiger partial charge in [-0.3, -0.25) is 9.78 Å². The summed E-state index contributed by atoms with van der Waals surface area (Å²) in [5.41, 5.74) is 1.28. The zero-order chi connectivity index (χ0) is 16.2. The van der Waals surface area contributed by atoms with E-state index in [1.54, 1.807) is 17.4 Å². The summed E-state index contributed by atoms with van der Waals surface area (Å²) in [4.78, 5) is 17.9. The number of carbonyl (C=O) groups excluding carboxylic acids is 1. The van der Waals surface area contributed by atoms with Crippen LogP contribution < -0.4 is 5.32 Å². The summed E-state index contributed by atoms with van der Waals surface area (Å²) in [5, 5.41) is 15.0. The molecule has 2 aromatic heterocycles. The van der Waals surface area contributed by atoms with Crippen LogP contribution in [0.3, 0.4) is 0 Å². The van der Waals surface area contributed by atoms with Crippen LogP contribution in [0, 0.1) is 6.92 Å². The van der Waals surface area contributed by atoms with E-state index in [1.165, 1.54) is 0 Å². The number of amides is 1. The third-order valence-corrected chi connectivity index (χ3v) is 4.89. The van der Waals surface area contributed by atoms with Crippen LogP contribution in [0.2, 0.25) is 0 Å². The Labute approximate surface area is 135 Å². The molecule has 0 bridgehead atoms. The van der Waals surface area contributed by atoms with Crippen molar-refractivity contribution in [2.24, 2.45) is 0 Å². The van der Waals surface area contributed by atoms with Gasteiger partial charge in [0.15, 0.2) is 0 Å². The summed E-state index contributed by atoms with van der Waals surface area (Å²) in [6.07, 6.45) is 1.22. The molecule has 2 heterocycles. The van der Waals surface area contributed by atoms with Crippen LogP contribution in [0.25, 0.3) is 10.6 Å². The summed E-state index contributed by atoms with van der Waals surface area (Å²) < 4.78 is 0. The molecule has 2 rings (SSSR count). The molecule has 0 aliphatic carbocycles. The number of aliphatic hydroxyl groups is 1. The predicted molar refractivity (Wildman–Crippen MR) is 90.2 cm³/mol. The van der Waals surface area contributed by atoms with Crippen LogP contribution in [-0.2, 0) is 0 Å². The molecular formula is C17H22N2O2S. The molecule has 2 N–H and O–H groups in total. The molecule has 2 aromatic rings. The lowest BCUT2D eigenvalue weighted by molar-refractivity contribution is 0.0314. The molecule has 0 unspecified atom stereocenters. The first-order valence-corrected chi connectivity index (χ1v) is 8.39. The molecule has 5 heteroatoms. The SMILES string of the molecule is CCC(O)(CC)CNC(=O)c1ccc(-c2cccs2)nc1C. The van der Waals surface area contributed by atoms with Gasteiger partial charge in [0.05, 0.1) is 27.4 Å². The summed E-state index contributed by atoms with van der Waals surface area (Å²) in [7, 11) is 0. The minimum absolute atomic E-state index is 0.192. The number of carbonyl (C=O) groups is 1. The van der Waals surface area contributed by atoms with Gasteiger partial charge < -0.3 is 10.4 Å². The van der Waals surface area contributed by atoms with Crippen LogP contribution in [0.5, 0.6) is 0 Å². The van der Waals surface area contributed by atoms with Crippen molar-refractivity contribution in [3.05, 3.63) is 40.9 Å². The van der Waals surface area contributed by atoms with Crippen molar-refractivity contribution in [1.82, 2.24) is 10.3 Å². The zero-order valence-corrected chi connectivity index (χ0v) is 14.0. The molecule has 0 saturated carbocycles. The first kappa shape index (κ1) is 16.6. The third-order valence-electron chi connectivity index (χ3n) is 4.00. The Morgan fingerprint density at radius 3 is 2.59 bits per heavy atom. The number of nitrogens with zero attached hydrogens (tertiary/aromatic N) is 1. The monoisotopic (exact) mass is 318 g/mol. The largest absolute Gasteiger partial charge is 0.388 e. The third kappa shape index (κ3) is 3.72. The molecule has 118 valence electrons. The molecule has 22 heavy (non-hydrogen) atoms. The fourth-order valence-corrected chi connectivity index (χ4v) is 2.90. The van der Waals surface area contributed by atoms with Gasteiger partial charge in [0.1, 0.15) is 0 Å².